The van der Waals surface area contributed by atoms with E-state index in [-0.39, 0.29) is 11.2 Å². The second kappa shape index (κ2) is 6.61. The Kier molecular flexibility index (Phi) is 4.33. The molecule has 1 aliphatic heterocycles. The summed E-state index contributed by atoms with van der Waals surface area (Å²) in [4.78, 5) is 16.1. The lowest BCUT2D eigenvalue weighted by atomic mass is 10.1. The number of benzene rings is 2. The molecule has 0 spiro atoms. The summed E-state index contributed by atoms with van der Waals surface area (Å²) >= 11 is 1.77. The lowest BCUT2D eigenvalue weighted by Gasteiger charge is -2.30. The van der Waals surface area contributed by atoms with Gasteiger partial charge in [0.25, 0.3) is 0 Å². The molecule has 0 unspecified atom stereocenters. The molecular formula is C20H23N2OS+. The van der Waals surface area contributed by atoms with E-state index in [0.717, 1.165) is 26.2 Å². The fraction of sp³-hybridized carbons (Fsp3) is 0.350. The summed E-state index contributed by atoms with van der Waals surface area (Å²) in [5.74, 6) is 0.848. The van der Waals surface area contributed by atoms with Crippen molar-refractivity contribution in [3.63, 3.8) is 0 Å². The van der Waals surface area contributed by atoms with Crippen LogP contribution in [-0.2, 0) is 4.79 Å². The minimum atomic E-state index is 0.277. The summed E-state index contributed by atoms with van der Waals surface area (Å²) in [6, 6.07) is 17.2. The SMILES string of the molecule is C[NH+]1CCN(C(=O)CSC2c3ccccc3-c3ccccc32)CC1. The van der Waals surface area contributed by atoms with E-state index in [2.05, 4.69) is 55.6 Å². The van der Waals surface area contributed by atoms with Crippen molar-refractivity contribution in [2.24, 2.45) is 0 Å². The lowest BCUT2D eigenvalue weighted by Crippen LogP contribution is -3.12. The van der Waals surface area contributed by atoms with Gasteiger partial charge in [0.05, 0.1) is 44.2 Å². The largest absolute Gasteiger partial charge is 0.334 e. The van der Waals surface area contributed by atoms with Crippen molar-refractivity contribution in [3.8, 4) is 11.1 Å². The van der Waals surface area contributed by atoms with E-state index in [4.69, 9.17) is 0 Å². The van der Waals surface area contributed by atoms with Crippen LogP contribution >= 0.6 is 11.8 Å². The zero-order valence-electron chi connectivity index (χ0n) is 14.0. The summed E-state index contributed by atoms with van der Waals surface area (Å²) in [6.07, 6.45) is 0. The van der Waals surface area contributed by atoms with Crippen molar-refractivity contribution in [1.82, 2.24) is 4.90 Å². The standard InChI is InChI=1S/C20H22N2OS/c1-21-10-12-22(13-11-21)19(23)14-24-20-17-8-4-2-6-15(17)16-7-3-5-9-18(16)20/h2-9,20H,10-14H2,1H3/p+1. The van der Waals surface area contributed by atoms with Gasteiger partial charge in [-0.3, -0.25) is 4.79 Å². The third-order valence-electron chi connectivity index (χ3n) is 5.12. The number of nitrogens with zero attached hydrogens (tertiary/aromatic N) is 1. The van der Waals surface area contributed by atoms with Gasteiger partial charge in [0.2, 0.25) is 5.91 Å². The molecule has 0 saturated carbocycles. The molecule has 2 aromatic carbocycles. The van der Waals surface area contributed by atoms with Gasteiger partial charge in [-0.15, -0.1) is 11.8 Å². The molecule has 0 bridgehead atoms. The van der Waals surface area contributed by atoms with Crippen LogP contribution < -0.4 is 4.90 Å². The molecule has 0 aromatic heterocycles. The van der Waals surface area contributed by atoms with Crippen LogP contribution in [0, 0.1) is 0 Å². The van der Waals surface area contributed by atoms with E-state index in [1.54, 1.807) is 11.8 Å². The number of nitrogens with one attached hydrogen (secondary N) is 1. The second-order valence-corrected chi connectivity index (χ2v) is 7.80. The first-order chi connectivity index (χ1) is 11.7. The average Bonchev–Trinajstić information content (AvgIpc) is 2.94. The fourth-order valence-corrected chi connectivity index (χ4v) is 4.93. The quantitative estimate of drug-likeness (QED) is 0.923. The number of carbonyl (C=O) groups is 1. The minimum absolute atomic E-state index is 0.277. The highest BCUT2D eigenvalue weighted by molar-refractivity contribution is 8.00. The first-order valence-electron chi connectivity index (χ1n) is 8.63. The molecule has 1 saturated heterocycles. The zero-order chi connectivity index (χ0) is 16.5. The highest BCUT2D eigenvalue weighted by Gasteiger charge is 2.30. The molecule has 1 heterocycles. The van der Waals surface area contributed by atoms with Crippen LogP contribution in [0.5, 0.6) is 0 Å². The van der Waals surface area contributed by atoms with Gasteiger partial charge in [-0.05, 0) is 22.3 Å². The molecule has 0 atom stereocenters. The molecule has 3 nitrogen and oxygen atoms in total. The van der Waals surface area contributed by atoms with Gasteiger partial charge in [0.1, 0.15) is 0 Å². The Morgan fingerprint density at radius 3 is 2.17 bits per heavy atom. The van der Waals surface area contributed by atoms with Gasteiger partial charge in [-0.1, -0.05) is 48.5 Å². The molecule has 1 amide bonds. The van der Waals surface area contributed by atoms with Crippen LogP contribution in [0.2, 0.25) is 0 Å². The molecule has 2 aromatic rings. The van der Waals surface area contributed by atoms with Crippen LogP contribution in [0.15, 0.2) is 48.5 Å². The Balaban J connectivity index is 1.50. The van der Waals surface area contributed by atoms with Gasteiger partial charge >= 0.3 is 0 Å². The molecular weight excluding hydrogens is 316 g/mol. The fourth-order valence-electron chi connectivity index (χ4n) is 3.67. The molecule has 124 valence electrons. The number of piperazine rings is 1. The Morgan fingerprint density at radius 1 is 1.04 bits per heavy atom. The monoisotopic (exact) mass is 339 g/mol. The molecule has 1 N–H and O–H groups in total. The maximum Gasteiger partial charge on any atom is 0.233 e. The van der Waals surface area contributed by atoms with Crippen LogP contribution in [0.3, 0.4) is 0 Å². The van der Waals surface area contributed by atoms with E-state index >= 15 is 0 Å². The Morgan fingerprint density at radius 2 is 1.58 bits per heavy atom. The Hall–Kier alpha value is -1.78. The Labute approximate surface area is 147 Å². The second-order valence-electron chi connectivity index (χ2n) is 6.70. The van der Waals surface area contributed by atoms with Crippen LogP contribution in [0.1, 0.15) is 16.4 Å². The van der Waals surface area contributed by atoms with Crippen LogP contribution in [0.25, 0.3) is 11.1 Å². The maximum atomic E-state index is 12.6. The third kappa shape index (κ3) is 2.85. The van der Waals surface area contributed by atoms with E-state index in [0.29, 0.717) is 5.75 Å². The van der Waals surface area contributed by atoms with E-state index in [1.165, 1.54) is 27.2 Å². The smallest absolute Gasteiger partial charge is 0.233 e. The molecule has 1 aliphatic carbocycles. The molecule has 2 aliphatic rings. The highest BCUT2D eigenvalue weighted by atomic mass is 32.2. The first-order valence-corrected chi connectivity index (χ1v) is 9.68. The van der Waals surface area contributed by atoms with Gasteiger partial charge in [0, 0.05) is 0 Å². The Bertz CT molecular complexity index is 707. The topological polar surface area (TPSA) is 24.8 Å². The molecule has 1 fully saturated rings. The number of hydrogen-bond donors (Lipinski definition) is 1. The zero-order valence-corrected chi connectivity index (χ0v) is 14.8. The molecule has 0 radical (unpaired) electrons. The first kappa shape index (κ1) is 15.7. The van der Waals surface area contributed by atoms with Crippen LogP contribution in [0.4, 0.5) is 0 Å². The van der Waals surface area contributed by atoms with Crippen molar-refractivity contribution in [3.05, 3.63) is 59.7 Å². The van der Waals surface area contributed by atoms with E-state index < -0.39 is 0 Å². The van der Waals surface area contributed by atoms with Crippen LogP contribution in [-0.4, -0.2) is 49.8 Å². The van der Waals surface area contributed by atoms with Crippen molar-refractivity contribution < 1.29 is 9.69 Å². The number of carbonyl (C=O) groups excluding carboxylic acids is 1. The third-order valence-corrected chi connectivity index (χ3v) is 6.37. The molecule has 4 rings (SSSR count). The summed E-state index contributed by atoms with van der Waals surface area (Å²) in [7, 11) is 2.20. The predicted molar refractivity (Wildman–Crippen MR) is 99.4 cm³/mol. The van der Waals surface area contributed by atoms with Gasteiger partial charge in [-0.2, -0.15) is 0 Å². The normalized spacial score (nSPS) is 17.6. The average molecular weight is 339 g/mol. The van der Waals surface area contributed by atoms with Gasteiger partial charge < -0.3 is 9.80 Å². The number of hydrogen-bond acceptors (Lipinski definition) is 2. The summed E-state index contributed by atoms with van der Waals surface area (Å²) in [5, 5.41) is 0.277. The molecule has 24 heavy (non-hydrogen) atoms. The summed E-state index contributed by atoms with van der Waals surface area (Å²) in [5.41, 5.74) is 5.33. The summed E-state index contributed by atoms with van der Waals surface area (Å²) in [6.45, 7) is 3.91. The van der Waals surface area contributed by atoms with Crippen molar-refractivity contribution in [2.45, 2.75) is 5.25 Å². The highest BCUT2D eigenvalue weighted by Crippen LogP contribution is 2.49. The van der Waals surface area contributed by atoms with Gasteiger partial charge in [-0.25, -0.2) is 0 Å². The lowest BCUT2D eigenvalue weighted by molar-refractivity contribution is -0.883. The number of amides is 1. The summed E-state index contributed by atoms with van der Waals surface area (Å²) < 4.78 is 0. The number of quaternary nitrogens is 1. The van der Waals surface area contributed by atoms with Crippen molar-refractivity contribution in [2.75, 3.05) is 39.0 Å². The molecule has 4 heteroatoms. The van der Waals surface area contributed by atoms with Crippen molar-refractivity contribution in [1.29, 1.82) is 0 Å². The van der Waals surface area contributed by atoms with Gasteiger partial charge in [0.15, 0.2) is 0 Å². The predicted octanol–water partition coefficient (Wildman–Crippen LogP) is 1.85. The maximum absolute atomic E-state index is 12.6. The number of thioether (sulfide) groups is 1. The minimum Gasteiger partial charge on any atom is -0.334 e. The number of fused-ring (bicyclic) bond motifs is 3. The van der Waals surface area contributed by atoms with Crippen molar-refractivity contribution >= 4 is 17.7 Å². The van der Waals surface area contributed by atoms with E-state index in [9.17, 15) is 4.79 Å². The number of rotatable bonds is 3. The van der Waals surface area contributed by atoms with E-state index in [1.807, 2.05) is 4.90 Å². The number of likely N-dealkylation sites (N-methyl/N-ethyl adjacent to an activating group) is 1.